The second kappa shape index (κ2) is 4.48. The predicted octanol–water partition coefficient (Wildman–Crippen LogP) is 2.26. The van der Waals surface area contributed by atoms with Crippen LogP contribution in [0.25, 0.3) is 0 Å². The van der Waals surface area contributed by atoms with Crippen LogP contribution in [-0.2, 0) is 9.05 Å². The minimum Gasteiger partial charge on any atom is -0.497 e. The summed E-state index contributed by atoms with van der Waals surface area (Å²) >= 11 is 0. The third-order valence-corrected chi connectivity index (χ3v) is 2.71. The van der Waals surface area contributed by atoms with Gasteiger partial charge in [-0.05, 0) is 24.3 Å². The zero-order chi connectivity index (χ0) is 9.19. The first-order chi connectivity index (χ1) is 5.54. The summed E-state index contributed by atoms with van der Waals surface area (Å²) in [6.45, 7) is 0. The molecule has 0 saturated heterocycles. The Hall–Kier alpha value is -0.740. The smallest absolute Gasteiger partial charge is 0.261 e. The standard InChI is InChI=1S/C7H7ClO3S.CH4/c1-11-6-2-4-7(5-3-6)12(8,9)10;/h2-5H,1H3;1H4. The van der Waals surface area contributed by atoms with Gasteiger partial charge in [0.05, 0.1) is 12.0 Å². The highest BCUT2D eigenvalue weighted by molar-refractivity contribution is 8.13. The van der Waals surface area contributed by atoms with Gasteiger partial charge < -0.3 is 4.74 Å². The minimum absolute atomic E-state index is 0. The van der Waals surface area contributed by atoms with Gasteiger partial charge in [0.1, 0.15) is 5.75 Å². The summed E-state index contributed by atoms with van der Waals surface area (Å²) in [4.78, 5) is 0.0740. The molecule has 0 spiro atoms. The van der Waals surface area contributed by atoms with Crippen molar-refractivity contribution in [2.24, 2.45) is 0 Å². The third-order valence-electron chi connectivity index (χ3n) is 1.34. The van der Waals surface area contributed by atoms with Gasteiger partial charge in [-0.3, -0.25) is 0 Å². The maximum Gasteiger partial charge on any atom is 0.261 e. The van der Waals surface area contributed by atoms with E-state index in [0.29, 0.717) is 5.75 Å². The number of rotatable bonds is 2. The van der Waals surface area contributed by atoms with E-state index in [9.17, 15) is 8.42 Å². The van der Waals surface area contributed by atoms with E-state index >= 15 is 0 Å². The highest BCUT2D eigenvalue weighted by Crippen LogP contribution is 2.18. The molecule has 3 nitrogen and oxygen atoms in total. The summed E-state index contributed by atoms with van der Waals surface area (Å²) in [6.07, 6.45) is 0. The van der Waals surface area contributed by atoms with Crippen LogP contribution in [0.5, 0.6) is 5.75 Å². The number of halogens is 1. The number of benzene rings is 1. The zero-order valence-electron chi connectivity index (χ0n) is 6.32. The van der Waals surface area contributed by atoms with E-state index in [1.54, 1.807) is 0 Å². The molecule has 0 amide bonds. The molecule has 0 unspecified atom stereocenters. The Kier molecular flexibility index (Phi) is 4.23. The second-order valence-corrected chi connectivity index (χ2v) is 4.68. The molecule has 0 radical (unpaired) electrons. The van der Waals surface area contributed by atoms with Gasteiger partial charge in [-0.25, -0.2) is 8.42 Å². The summed E-state index contributed by atoms with van der Waals surface area (Å²) in [5.41, 5.74) is 0. The molecule has 74 valence electrons. The summed E-state index contributed by atoms with van der Waals surface area (Å²) < 4.78 is 26.4. The lowest BCUT2D eigenvalue weighted by Gasteiger charge is -1.99. The normalized spacial score (nSPS) is 10.3. The molecule has 1 aromatic rings. The zero-order valence-corrected chi connectivity index (χ0v) is 7.89. The van der Waals surface area contributed by atoms with Crippen molar-refractivity contribution in [2.75, 3.05) is 7.11 Å². The monoisotopic (exact) mass is 222 g/mol. The van der Waals surface area contributed by atoms with Crippen molar-refractivity contribution >= 4 is 19.7 Å². The van der Waals surface area contributed by atoms with Crippen molar-refractivity contribution in [3.05, 3.63) is 24.3 Å². The van der Waals surface area contributed by atoms with Gasteiger partial charge in [-0.15, -0.1) is 0 Å². The Morgan fingerprint density at radius 1 is 1.23 bits per heavy atom. The maximum absolute atomic E-state index is 10.8. The molecule has 0 aliphatic rings. The van der Waals surface area contributed by atoms with Crippen LogP contribution in [0.15, 0.2) is 29.2 Å². The van der Waals surface area contributed by atoms with Crippen LogP contribution in [0, 0.1) is 0 Å². The average Bonchev–Trinajstić information content (AvgIpc) is 2.03. The molecule has 0 aliphatic heterocycles. The van der Waals surface area contributed by atoms with E-state index in [-0.39, 0.29) is 12.3 Å². The van der Waals surface area contributed by atoms with Crippen molar-refractivity contribution in [2.45, 2.75) is 12.3 Å². The lowest BCUT2D eigenvalue weighted by Crippen LogP contribution is -1.90. The molecular formula is C8H11ClO3S. The van der Waals surface area contributed by atoms with Crippen molar-refractivity contribution < 1.29 is 13.2 Å². The fourth-order valence-corrected chi connectivity index (χ4v) is 1.51. The number of methoxy groups -OCH3 is 1. The van der Waals surface area contributed by atoms with Gasteiger partial charge in [-0.1, -0.05) is 7.43 Å². The highest BCUT2D eigenvalue weighted by Gasteiger charge is 2.08. The largest absolute Gasteiger partial charge is 0.497 e. The lowest BCUT2D eigenvalue weighted by molar-refractivity contribution is 0.414. The van der Waals surface area contributed by atoms with E-state index in [1.165, 1.54) is 31.4 Å². The molecule has 0 atom stereocenters. The Morgan fingerprint density at radius 2 is 1.69 bits per heavy atom. The van der Waals surface area contributed by atoms with Crippen LogP contribution >= 0.6 is 10.7 Å². The number of hydrogen-bond donors (Lipinski definition) is 0. The fourth-order valence-electron chi connectivity index (χ4n) is 0.738. The van der Waals surface area contributed by atoms with E-state index < -0.39 is 9.05 Å². The lowest BCUT2D eigenvalue weighted by atomic mass is 10.3. The van der Waals surface area contributed by atoms with Gasteiger partial charge >= 0.3 is 0 Å². The topological polar surface area (TPSA) is 43.4 Å². The molecule has 0 N–H and O–H groups in total. The van der Waals surface area contributed by atoms with Crippen molar-refractivity contribution in [3.63, 3.8) is 0 Å². The Balaban J connectivity index is 0.00000144. The fraction of sp³-hybridized carbons (Fsp3) is 0.250. The molecule has 5 heteroatoms. The van der Waals surface area contributed by atoms with Gasteiger partial charge in [-0.2, -0.15) is 0 Å². The molecule has 1 aromatic carbocycles. The first-order valence-electron chi connectivity index (χ1n) is 3.13. The van der Waals surface area contributed by atoms with Crippen LogP contribution in [0.4, 0.5) is 0 Å². The van der Waals surface area contributed by atoms with E-state index in [1.807, 2.05) is 0 Å². The van der Waals surface area contributed by atoms with Crippen LogP contribution < -0.4 is 4.74 Å². The molecule has 0 aliphatic carbocycles. The van der Waals surface area contributed by atoms with Crippen molar-refractivity contribution in [1.82, 2.24) is 0 Å². The summed E-state index contributed by atoms with van der Waals surface area (Å²) in [7, 11) is 2.98. The van der Waals surface area contributed by atoms with Crippen LogP contribution in [0.3, 0.4) is 0 Å². The Morgan fingerprint density at radius 3 is 2.00 bits per heavy atom. The van der Waals surface area contributed by atoms with Crippen LogP contribution in [-0.4, -0.2) is 15.5 Å². The molecular weight excluding hydrogens is 212 g/mol. The van der Waals surface area contributed by atoms with Crippen molar-refractivity contribution in [3.8, 4) is 5.75 Å². The minimum atomic E-state index is -3.61. The van der Waals surface area contributed by atoms with Crippen LogP contribution in [0.1, 0.15) is 7.43 Å². The van der Waals surface area contributed by atoms with Gasteiger partial charge in [0.15, 0.2) is 0 Å². The van der Waals surface area contributed by atoms with Gasteiger partial charge in [0.25, 0.3) is 9.05 Å². The highest BCUT2D eigenvalue weighted by atomic mass is 35.7. The molecule has 0 fully saturated rings. The van der Waals surface area contributed by atoms with Crippen LogP contribution in [0.2, 0.25) is 0 Å². The van der Waals surface area contributed by atoms with Crippen molar-refractivity contribution in [1.29, 1.82) is 0 Å². The summed E-state index contributed by atoms with van der Waals surface area (Å²) in [6, 6.07) is 5.85. The quantitative estimate of drug-likeness (QED) is 0.721. The Labute approximate surface area is 82.7 Å². The van der Waals surface area contributed by atoms with E-state index in [2.05, 4.69) is 0 Å². The average molecular weight is 223 g/mol. The molecule has 0 aromatic heterocycles. The molecule has 0 bridgehead atoms. The Bertz CT molecular complexity index is 355. The molecule has 0 saturated carbocycles. The maximum atomic E-state index is 10.8. The number of ether oxygens (including phenoxy) is 1. The molecule has 1 rings (SSSR count). The first-order valence-corrected chi connectivity index (χ1v) is 5.43. The molecule has 0 heterocycles. The summed E-state index contributed by atoms with van der Waals surface area (Å²) in [5, 5.41) is 0. The number of hydrogen-bond acceptors (Lipinski definition) is 3. The first kappa shape index (κ1) is 12.3. The van der Waals surface area contributed by atoms with Gasteiger partial charge in [0.2, 0.25) is 0 Å². The second-order valence-electron chi connectivity index (χ2n) is 2.11. The summed E-state index contributed by atoms with van der Waals surface area (Å²) in [5.74, 6) is 0.596. The SMILES string of the molecule is C.COc1ccc(S(=O)(=O)Cl)cc1. The predicted molar refractivity (Wildman–Crippen MR) is 52.8 cm³/mol. The van der Waals surface area contributed by atoms with E-state index in [4.69, 9.17) is 15.4 Å². The van der Waals surface area contributed by atoms with E-state index in [0.717, 1.165) is 0 Å². The van der Waals surface area contributed by atoms with Gasteiger partial charge in [0, 0.05) is 10.7 Å². The third kappa shape index (κ3) is 3.24. The molecule has 13 heavy (non-hydrogen) atoms.